The molecule has 0 radical (unpaired) electrons. The predicted molar refractivity (Wildman–Crippen MR) is 31.4 cm³/mol. The third-order valence-corrected chi connectivity index (χ3v) is 1.77. The topological polar surface area (TPSA) is 3.24 Å². The maximum Gasteiger partial charge on any atom is 0.155 e. The summed E-state index contributed by atoms with van der Waals surface area (Å²) in [5.74, 6) is 0. The molecule has 0 aromatic carbocycles. The number of likely N-dealkylation sites (tertiary alicyclic amines) is 1. The first-order valence-corrected chi connectivity index (χ1v) is 3.22. The van der Waals surface area contributed by atoms with Crippen molar-refractivity contribution >= 4 is 0 Å². The van der Waals surface area contributed by atoms with E-state index in [1.807, 2.05) is 0 Å². The Morgan fingerprint density at radius 3 is 2.00 bits per heavy atom. The molecule has 1 nitrogen and oxygen atoms in total. The molecule has 1 aliphatic rings. The number of hydrogen-bond donors (Lipinski definition) is 0. The van der Waals surface area contributed by atoms with Crippen molar-refractivity contribution in [1.29, 1.82) is 0 Å². The van der Waals surface area contributed by atoms with Gasteiger partial charge in [0.1, 0.15) is 0 Å². The highest BCUT2D eigenvalue weighted by molar-refractivity contribution is 4.68. The van der Waals surface area contributed by atoms with Crippen LogP contribution in [0.4, 0.5) is 8.78 Å². The summed E-state index contributed by atoms with van der Waals surface area (Å²) in [6.45, 7) is 0. The van der Waals surface area contributed by atoms with Gasteiger partial charge in [-0.25, -0.2) is 13.7 Å². The van der Waals surface area contributed by atoms with Gasteiger partial charge < -0.3 is 0 Å². The molecule has 9 heavy (non-hydrogen) atoms. The number of halogens is 2. The number of piperidine rings is 1. The monoisotopic (exact) mass is 135 g/mol. The second-order valence-corrected chi connectivity index (χ2v) is 2.47. The molecule has 3 heteroatoms. The second kappa shape index (κ2) is 2.60. The normalized spacial score (nSPS) is 39.0. The fourth-order valence-corrected chi connectivity index (χ4v) is 1.04. The molecule has 0 aliphatic carbocycles. The Morgan fingerprint density at radius 2 is 1.67 bits per heavy atom. The average molecular weight is 135 g/mol. The summed E-state index contributed by atoms with van der Waals surface area (Å²) in [4.78, 5) is 1.14. The molecule has 1 rings (SSSR count). The third-order valence-electron chi connectivity index (χ3n) is 1.77. The van der Waals surface area contributed by atoms with Crippen LogP contribution in [0.2, 0.25) is 0 Å². The first-order valence-electron chi connectivity index (χ1n) is 3.22. The lowest BCUT2D eigenvalue weighted by molar-refractivity contribution is -0.0337. The highest BCUT2D eigenvalue weighted by Gasteiger charge is 2.26. The Hall–Kier alpha value is -0.180. The molecule has 1 saturated heterocycles. The quantitative estimate of drug-likeness (QED) is 0.457. The Labute approximate surface area is 53.6 Å². The van der Waals surface area contributed by atoms with Crippen LogP contribution in [-0.4, -0.2) is 24.5 Å². The van der Waals surface area contributed by atoms with Gasteiger partial charge in [0, 0.05) is 0 Å². The van der Waals surface area contributed by atoms with Crippen LogP contribution >= 0.6 is 0 Å². The maximum atomic E-state index is 12.5. The van der Waals surface area contributed by atoms with Gasteiger partial charge in [-0.2, -0.15) is 0 Å². The zero-order chi connectivity index (χ0) is 6.85. The minimum absolute atomic E-state index is 0.483. The van der Waals surface area contributed by atoms with Crippen LogP contribution in [0.5, 0.6) is 0 Å². The van der Waals surface area contributed by atoms with Crippen LogP contribution in [0, 0.1) is 0 Å². The SMILES string of the molecule is CN1C(F)CCCC1F. The Bertz CT molecular complexity index is 87.1. The maximum absolute atomic E-state index is 12.5. The van der Waals surface area contributed by atoms with Gasteiger partial charge >= 0.3 is 0 Å². The highest BCUT2D eigenvalue weighted by Crippen LogP contribution is 2.22. The summed E-state index contributed by atoms with van der Waals surface area (Å²) in [7, 11) is 1.48. The largest absolute Gasteiger partial charge is 0.247 e. The molecule has 0 N–H and O–H groups in total. The molecule has 0 spiro atoms. The standard InChI is InChI=1S/C6H11F2N/c1-9-5(7)3-2-4-6(9)8/h5-6H,2-4H2,1H3. The molecule has 0 saturated carbocycles. The second-order valence-electron chi connectivity index (χ2n) is 2.47. The van der Waals surface area contributed by atoms with Crippen LogP contribution in [0.1, 0.15) is 19.3 Å². The minimum atomic E-state index is -1.06. The Kier molecular flexibility index (Phi) is 2.01. The smallest absolute Gasteiger partial charge is 0.155 e. The summed E-state index contributed by atoms with van der Waals surface area (Å²) in [6, 6.07) is 0. The van der Waals surface area contributed by atoms with Crippen molar-refractivity contribution in [2.75, 3.05) is 7.05 Å². The van der Waals surface area contributed by atoms with E-state index in [0.717, 1.165) is 4.90 Å². The zero-order valence-corrected chi connectivity index (χ0v) is 5.48. The Balaban J connectivity index is 2.41. The van der Waals surface area contributed by atoms with Crippen molar-refractivity contribution in [2.24, 2.45) is 0 Å². The van der Waals surface area contributed by atoms with E-state index in [1.165, 1.54) is 7.05 Å². The number of nitrogens with zero attached hydrogens (tertiary/aromatic N) is 1. The molecular formula is C6H11F2N. The molecule has 2 atom stereocenters. The third kappa shape index (κ3) is 1.39. The van der Waals surface area contributed by atoms with Crippen molar-refractivity contribution in [3.8, 4) is 0 Å². The van der Waals surface area contributed by atoms with Crippen LogP contribution in [0.15, 0.2) is 0 Å². The fraction of sp³-hybridized carbons (Fsp3) is 1.00. The van der Waals surface area contributed by atoms with E-state index in [0.29, 0.717) is 19.3 Å². The first kappa shape index (κ1) is 6.93. The van der Waals surface area contributed by atoms with E-state index in [2.05, 4.69) is 0 Å². The van der Waals surface area contributed by atoms with Gasteiger partial charge in [0.15, 0.2) is 12.6 Å². The lowest BCUT2D eigenvalue weighted by Crippen LogP contribution is -2.38. The summed E-state index contributed by atoms with van der Waals surface area (Å²) in [5, 5.41) is 0. The van der Waals surface area contributed by atoms with Crippen LogP contribution in [-0.2, 0) is 0 Å². The summed E-state index contributed by atoms with van der Waals surface area (Å²) >= 11 is 0. The fourth-order valence-electron chi connectivity index (χ4n) is 1.04. The molecule has 0 aromatic rings. The van der Waals surface area contributed by atoms with Gasteiger partial charge in [-0.1, -0.05) is 0 Å². The van der Waals surface area contributed by atoms with E-state index in [9.17, 15) is 8.78 Å². The molecule has 0 amide bonds. The number of hydrogen-bond acceptors (Lipinski definition) is 1. The van der Waals surface area contributed by atoms with Gasteiger partial charge in [0.05, 0.1) is 0 Å². The lowest BCUT2D eigenvalue weighted by Gasteiger charge is -2.29. The van der Waals surface area contributed by atoms with Gasteiger partial charge in [-0.3, -0.25) is 0 Å². The van der Waals surface area contributed by atoms with Crippen molar-refractivity contribution in [3.63, 3.8) is 0 Å². The molecular weight excluding hydrogens is 124 g/mol. The lowest BCUT2D eigenvalue weighted by atomic mass is 10.1. The van der Waals surface area contributed by atoms with Crippen molar-refractivity contribution < 1.29 is 8.78 Å². The Morgan fingerprint density at radius 1 is 1.22 bits per heavy atom. The van der Waals surface area contributed by atoms with Crippen molar-refractivity contribution in [3.05, 3.63) is 0 Å². The summed E-state index contributed by atoms with van der Waals surface area (Å²) in [5.41, 5.74) is 0. The van der Waals surface area contributed by atoms with Crippen LogP contribution < -0.4 is 0 Å². The molecule has 0 aromatic heterocycles. The van der Waals surface area contributed by atoms with Crippen molar-refractivity contribution in [2.45, 2.75) is 31.9 Å². The van der Waals surface area contributed by atoms with Crippen LogP contribution in [0.25, 0.3) is 0 Å². The molecule has 0 bridgehead atoms. The molecule has 54 valence electrons. The average Bonchev–Trinajstić information content (AvgIpc) is 1.83. The van der Waals surface area contributed by atoms with Gasteiger partial charge in [-0.15, -0.1) is 0 Å². The zero-order valence-electron chi connectivity index (χ0n) is 5.48. The van der Waals surface area contributed by atoms with Crippen molar-refractivity contribution in [1.82, 2.24) is 4.90 Å². The summed E-state index contributed by atoms with van der Waals surface area (Å²) < 4.78 is 25.0. The van der Waals surface area contributed by atoms with Gasteiger partial charge in [0.25, 0.3) is 0 Å². The first-order chi connectivity index (χ1) is 4.22. The van der Waals surface area contributed by atoms with E-state index in [1.54, 1.807) is 0 Å². The van der Waals surface area contributed by atoms with E-state index in [-0.39, 0.29) is 0 Å². The molecule has 1 aliphatic heterocycles. The molecule has 2 unspecified atom stereocenters. The van der Waals surface area contributed by atoms with E-state index >= 15 is 0 Å². The summed E-state index contributed by atoms with van der Waals surface area (Å²) in [6.07, 6.45) is -0.483. The minimum Gasteiger partial charge on any atom is -0.247 e. The highest BCUT2D eigenvalue weighted by atomic mass is 19.2. The molecule has 1 heterocycles. The molecule has 1 fully saturated rings. The number of rotatable bonds is 0. The van der Waals surface area contributed by atoms with Gasteiger partial charge in [0.2, 0.25) is 0 Å². The predicted octanol–water partition coefficient (Wildman–Crippen LogP) is 1.69. The number of alkyl halides is 2. The van der Waals surface area contributed by atoms with Crippen LogP contribution in [0.3, 0.4) is 0 Å². The van der Waals surface area contributed by atoms with E-state index < -0.39 is 12.6 Å². The van der Waals surface area contributed by atoms with Gasteiger partial charge in [-0.05, 0) is 26.3 Å². The van der Waals surface area contributed by atoms with E-state index in [4.69, 9.17) is 0 Å².